The van der Waals surface area contributed by atoms with Crippen molar-refractivity contribution < 1.29 is 9.18 Å². The molecule has 5 rings (SSSR count). The number of rotatable bonds is 5. The Morgan fingerprint density at radius 3 is 2.80 bits per heavy atom. The molecule has 2 fully saturated rings. The Labute approximate surface area is 175 Å². The maximum atomic E-state index is 14.2. The van der Waals surface area contributed by atoms with Gasteiger partial charge in [0.15, 0.2) is 0 Å². The van der Waals surface area contributed by atoms with E-state index in [-0.39, 0.29) is 11.7 Å². The molecule has 0 bridgehead atoms. The summed E-state index contributed by atoms with van der Waals surface area (Å²) in [5.41, 5.74) is 9.23. The molecule has 0 spiro atoms. The first-order chi connectivity index (χ1) is 14.5. The van der Waals surface area contributed by atoms with Crippen LogP contribution in [0.3, 0.4) is 0 Å². The van der Waals surface area contributed by atoms with Crippen LogP contribution in [0.15, 0.2) is 48.7 Å². The fourth-order valence-electron chi connectivity index (χ4n) is 4.41. The first-order valence-corrected chi connectivity index (χ1v) is 10.4. The molecule has 1 aliphatic carbocycles. The van der Waals surface area contributed by atoms with Crippen molar-refractivity contribution in [2.45, 2.75) is 25.3 Å². The topological polar surface area (TPSA) is 71.2 Å². The summed E-state index contributed by atoms with van der Waals surface area (Å²) >= 11 is 0. The molecule has 1 amide bonds. The van der Waals surface area contributed by atoms with Gasteiger partial charge in [-0.25, -0.2) is 4.39 Å². The third kappa shape index (κ3) is 3.12. The second-order valence-corrected chi connectivity index (χ2v) is 8.54. The normalized spacial score (nSPS) is 17.6. The molecular weight excluding hydrogens is 379 g/mol. The zero-order chi connectivity index (χ0) is 20.9. The van der Waals surface area contributed by atoms with Crippen LogP contribution in [0, 0.1) is 18.7 Å². The van der Waals surface area contributed by atoms with E-state index < -0.39 is 5.54 Å². The van der Waals surface area contributed by atoms with Crippen molar-refractivity contribution in [3.05, 3.63) is 71.2 Å². The van der Waals surface area contributed by atoms with Gasteiger partial charge in [0.25, 0.3) is 5.91 Å². The summed E-state index contributed by atoms with van der Waals surface area (Å²) in [5.74, 6) is 0.0909. The van der Waals surface area contributed by atoms with E-state index in [4.69, 9.17) is 5.73 Å². The molecule has 0 atom stereocenters. The van der Waals surface area contributed by atoms with Gasteiger partial charge in [0.1, 0.15) is 11.3 Å². The number of nitrogens with one attached hydrogen (secondary N) is 1. The second-order valence-electron chi connectivity index (χ2n) is 8.54. The van der Waals surface area contributed by atoms with Gasteiger partial charge >= 0.3 is 0 Å². The van der Waals surface area contributed by atoms with E-state index in [9.17, 15) is 9.18 Å². The average molecular weight is 404 g/mol. The Kier molecular flexibility index (Phi) is 4.47. The average Bonchev–Trinajstić information content (AvgIpc) is 3.49. The lowest BCUT2D eigenvalue weighted by molar-refractivity contribution is 0.0930. The zero-order valence-corrected chi connectivity index (χ0v) is 17.0. The minimum atomic E-state index is -0.462. The van der Waals surface area contributed by atoms with E-state index in [2.05, 4.69) is 21.3 Å². The predicted molar refractivity (Wildman–Crippen MR) is 116 cm³/mol. The highest BCUT2D eigenvalue weighted by molar-refractivity contribution is 5.98. The number of benzene rings is 2. The standard InChI is InChI=1S/C24H25FN4O/c1-15-4-5-17(29-13-16(12-26)14-29)11-19(15)23(30)28-24(8-9-24)20-6-7-21(25)22-18(20)3-2-10-27-22/h2-7,10-11,16H,8-9,12-14,26H2,1H3,(H,28,30). The summed E-state index contributed by atoms with van der Waals surface area (Å²) < 4.78 is 14.2. The molecule has 6 heteroatoms. The van der Waals surface area contributed by atoms with Gasteiger partial charge in [0.05, 0.1) is 5.54 Å². The number of fused-ring (bicyclic) bond motifs is 1. The van der Waals surface area contributed by atoms with Gasteiger partial charge in [0.2, 0.25) is 0 Å². The highest BCUT2D eigenvalue weighted by atomic mass is 19.1. The van der Waals surface area contributed by atoms with Gasteiger partial charge in [-0.2, -0.15) is 0 Å². The molecule has 154 valence electrons. The highest BCUT2D eigenvalue weighted by Crippen LogP contribution is 2.48. The summed E-state index contributed by atoms with van der Waals surface area (Å²) in [5, 5.41) is 4.01. The van der Waals surface area contributed by atoms with E-state index in [1.807, 2.05) is 25.1 Å². The van der Waals surface area contributed by atoms with Crippen molar-refractivity contribution >= 4 is 22.5 Å². The Bertz CT molecular complexity index is 1140. The second kappa shape index (κ2) is 7.06. The van der Waals surface area contributed by atoms with Gasteiger partial charge in [-0.1, -0.05) is 18.2 Å². The first kappa shape index (κ1) is 19.0. The SMILES string of the molecule is Cc1ccc(N2CC(CN)C2)cc1C(=O)NC1(c2ccc(F)c3ncccc23)CC1. The van der Waals surface area contributed by atoms with Gasteiger partial charge < -0.3 is 16.0 Å². The molecule has 3 aromatic rings. The third-order valence-electron chi connectivity index (χ3n) is 6.46. The van der Waals surface area contributed by atoms with E-state index >= 15 is 0 Å². The van der Waals surface area contributed by atoms with Crippen LogP contribution in [0.5, 0.6) is 0 Å². The zero-order valence-electron chi connectivity index (χ0n) is 17.0. The summed E-state index contributed by atoms with van der Waals surface area (Å²) in [4.78, 5) is 19.7. The van der Waals surface area contributed by atoms with Crippen molar-refractivity contribution in [1.82, 2.24) is 10.3 Å². The summed E-state index contributed by atoms with van der Waals surface area (Å²) in [6, 6.07) is 12.9. The van der Waals surface area contributed by atoms with Crippen LogP contribution in [0.1, 0.15) is 34.3 Å². The molecule has 30 heavy (non-hydrogen) atoms. The van der Waals surface area contributed by atoms with Crippen LogP contribution >= 0.6 is 0 Å². The van der Waals surface area contributed by atoms with Crippen LogP contribution in [-0.2, 0) is 5.54 Å². The third-order valence-corrected chi connectivity index (χ3v) is 6.46. The van der Waals surface area contributed by atoms with E-state index in [1.54, 1.807) is 18.3 Å². The lowest BCUT2D eigenvalue weighted by Crippen LogP contribution is -2.50. The number of nitrogens with zero attached hydrogens (tertiary/aromatic N) is 2. The minimum absolute atomic E-state index is 0.0934. The number of pyridine rings is 1. The summed E-state index contributed by atoms with van der Waals surface area (Å²) in [7, 11) is 0. The minimum Gasteiger partial charge on any atom is -0.371 e. The van der Waals surface area contributed by atoms with Crippen molar-refractivity contribution in [2.75, 3.05) is 24.5 Å². The molecule has 2 aromatic carbocycles. The van der Waals surface area contributed by atoms with Crippen LogP contribution < -0.4 is 16.0 Å². The lowest BCUT2D eigenvalue weighted by atomic mass is 9.96. The highest BCUT2D eigenvalue weighted by Gasteiger charge is 2.47. The number of carbonyl (C=O) groups excluding carboxylic acids is 1. The lowest BCUT2D eigenvalue weighted by Gasteiger charge is -2.40. The fourth-order valence-corrected chi connectivity index (χ4v) is 4.41. The van der Waals surface area contributed by atoms with Crippen molar-refractivity contribution in [3.63, 3.8) is 0 Å². The fraction of sp³-hybridized carbons (Fsp3) is 0.333. The first-order valence-electron chi connectivity index (χ1n) is 10.4. The Hall–Kier alpha value is -2.99. The molecule has 1 aromatic heterocycles. The molecule has 2 aliphatic rings. The van der Waals surface area contributed by atoms with E-state index in [1.165, 1.54) is 6.07 Å². The molecule has 1 saturated heterocycles. The number of anilines is 1. The number of hydrogen-bond donors (Lipinski definition) is 2. The number of nitrogens with two attached hydrogens (primary N) is 1. The number of aryl methyl sites for hydroxylation is 1. The van der Waals surface area contributed by atoms with Crippen LogP contribution in [0.4, 0.5) is 10.1 Å². The van der Waals surface area contributed by atoms with Crippen LogP contribution in [0.25, 0.3) is 10.9 Å². The van der Waals surface area contributed by atoms with Gasteiger partial charge in [-0.15, -0.1) is 0 Å². The quantitative estimate of drug-likeness (QED) is 0.683. The Morgan fingerprint density at radius 2 is 2.07 bits per heavy atom. The molecule has 1 saturated carbocycles. The smallest absolute Gasteiger partial charge is 0.252 e. The number of aromatic nitrogens is 1. The predicted octanol–water partition coefficient (Wildman–Crippen LogP) is 3.50. The number of amides is 1. The molecule has 0 radical (unpaired) electrons. The Balaban J connectivity index is 1.43. The number of halogens is 1. The molecular formula is C24H25FN4O. The van der Waals surface area contributed by atoms with Gasteiger partial charge in [-0.3, -0.25) is 9.78 Å². The summed E-state index contributed by atoms with van der Waals surface area (Å²) in [6.07, 6.45) is 3.25. The number of carbonyl (C=O) groups is 1. The number of hydrogen-bond acceptors (Lipinski definition) is 4. The largest absolute Gasteiger partial charge is 0.371 e. The van der Waals surface area contributed by atoms with Crippen molar-refractivity contribution in [2.24, 2.45) is 11.7 Å². The van der Waals surface area contributed by atoms with E-state index in [0.29, 0.717) is 23.5 Å². The monoisotopic (exact) mass is 404 g/mol. The Morgan fingerprint density at radius 1 is 1.27 bits per heavy atom. The van der Waals surface area contributed by atoms with Crippen LogP contribution in [-0.4, -0.2) is 30.5 Å². The molecule has 5 nitrogen and oxygen atoms in total. The maximum absolute atomic E-state index is 14.2. The molecule has 0 unspecified atom stereocenters. The van der Waals surface area contributed by atoms with E-state index in [0.717, 1.165) is 48.1 Å². The molecule has 3 N–H and O–H groups in total. The van der Waals surface area contributed by atoms with Crippen LogP contribution in [0.2, 0.25) is 0 Å². The van der Waals surface area contributed by atoms with Crippen molar-refractivity contribution in [3.8, 4) is 0 Å². The summed E-state index contributed by atoms with van der Waals surface area (Å²) in [6.45, 7) is 4.51. The van der Waals surface area contributed by atoms with Crippen molar-refractivity contribution in [1.29, 1.82) is 0 Å². The van der Waals surface area contributed by atoms with Gasteiger partial charge in [-0.05, 0) is 61.7 Å². The maximum Gasteiger partial charge on any atom is 0.252 e. The molecule has 1 aliphatic heterocycles. The molecule has 2 heterocycles. The van der Waals surface area contributed by atoms with Gasteiger partial charge in [0, 0.05) is 41.8 Å².